The van der Waals surface area contributed by atoms with Gasteiger partial charge in [0.15, 0.2) is 5.72 Å². The monoisotopic (exact) mass is 453 g/mol. The van der Waals surface area contributed by atoms with Crippen LogP contribution in [0.4, 0.5) is 0 Å². The lowest BCUT2D eigenvalue weighted by Crippen LogP contribution is -2.54. The molecule has 0 unspecified atom stereocenters. The predicted octanol–water partition coefficient (Wildman–Crippen LogP) is 4.13. The molecule has 5 heterocycles. The number of aliphatic hydroxyl groups excluding tert-OH is 1. The first-order chi connectivity index (χ1) is 16.5. The number of rotatable bonds is 2. The fourth-order valence-electron chi connectivity index (χ4n) is 7.06. The summed E-state index contributed by atoms with van der Waals surface area (Å²) in [5, 5.41) is 17.9. The second kappa shape index (κ2) is 5.81. The molecule has 0 radical (unpaired) electrons. The van der Waals surface area contributed by atoms with E-state index in [1.807, 2.05) is 31.2 Å². The molecule has 3 aliphatic heterocycles. The zero-order chi connectivity index (χ0) is 23.0. The molecule has 1 saturated heterocycles. The Morgan fingerprint density at radius 1 is 1.09 bits per heavy atom. The Bertz CT molecular complexity index is 1740. The van der Waals surface area contributed by atoms with E-state index in [-0.39, 0.29) is 18.7 Å². The first-order valence-electron chi connectivity index (χ1n) is 11.7. The van der Waals surface area contributed by atoms with Crippen LogP contribution in [0.15, 0.2) is 48.5 Å². The molecule has 0 aliphatic carbocycles. The van der Waals surface area contributed by atoms with Crippen LogP contribution in [-0.2, 0) is 21.7 Å². The third kappa shape index (κ3) is 1.78. The average molecular weight is 453 g/mol. The van der Waals surface area contributed by atoms with Crippen LogP contribution in [0.25, 0.3) is 43.6 Å². The van der Waals surface area contributed by atoms with Crippen molar-refractivity contribution in [1.29, 1.82) is 0 Å². The van der Waals surface area contributed by atoms with Gasteiger partial charge >= 0.3 is 0 Å². The zero-order valence-electron chi connectivity index (χ0n) is 18.9. The fourth-order valence-corrected chi connectivity index (χ4v) is 7.06. The van der Waals surface area contributed by atoms with Gasteiger partial charge in [-0.25, -0.2) is 0 Å². The summed E-state index contributed by atoms with van der Waals surface area (Å²) >= 11 is 0. The number of para-hydroxylation sites is 2. The van der Waals surface area contributed by atoms with E-state index in [0.717, 1.165) is 54.7 Å². The zero-order valence-corrected chi connectivity index (χ0v) is 18.9. The van der Waals surface area contributed by atoms with Crippen molar-refractivity contribution in [2.75, 3.05) is 13.7 Å². The van der Waals surface area contributed by atoms with Crippen molar-refractivity contribution in [3.8, 4) is 0 Å². The van der Waals surface area contributed by atoms with Gasteiger partial charge in [0.2, 0.25) is 0 Å². The molecular weight excluding hydrogens is 430 g/mol. The fraction of sp³-hybridized carbons (Fsp3) is 0.296. The maximum atomic E-state index is 13.2. The molecule has 7 nitrogen and oxygen atoms in total. The Morgan fingerprint density at radius 2 is 1.79 bits per heavy atom. The number of benzene rings is 3. The van der Waals surface area contributed by atoms with Crippen LogP contribution in [0.3, 0.4) is 0 Å². The van der Waals surface area contributed by atoms with E-state index in [0.29, 0.717) is 13.0 Å². The Hall–Kier alpha value is -3.39. The summed E-state index contributed by atoms with van der Waals surface area (Å²) in [5.74, 6) is -0.0280. The number of carbonyl (C=O) groups excluding carboxylic acids is 1. The van der Waals surface area contributed by atoms with E-state index in [4.69, 9.17) is 9.47 Å². The van der Waals surface area contributed by atoms with Gasteiger partial charge in [-0.05, 0) is 24.6 Å². The smallest absolute Gasteiger partial charge is 0.252 e. The normalized spacial score (nSPS) is 27.4. The van der Waals surface area contributed by atoms with Crippen LogP contribution >= 0.6 is 0 Å². The van der Waals surface area contributed by atoms with Gasteiger partial charge < -0.3 is 29.0 Å². The van der Waals surface area contributed by atoms with Crippen LogP contribution < -0.4 is 5.32 Å². The van der Waals surface area contributed by atoms with Crippen LogP contribution in [0, 0.1) is 0 Å². The molecule has 3 atom stereocenters. The van der Waals surface area contributed by atoms with Crippen molar-refractivity contribution in [3.63, 3.8) is 0 Å². The molecule has 170 valence electrons. The Morgan fingerprint density at radius 3 is 2.53 bits per heavy atom. The highest BCUT2D eigenvalue weighted by Crippen LogP contribution is 2.58. The molecule has 0 saturated carbocycles. The molecule has 3 aliphatic rings. The van der Waals surface area contributed by atoms with E-state index < -0.39 is 11.3 Å². The van der Waals surface area contributed by atoms with Crippen LogP contribution in [0.5, 0.6) is 0 Å². The lowest BCUT2D eigenvalue weighted by Gasteiger charge is -2.41. The first kappa shape index (κ1) is 19.0. The van der Waals surface area contributed by atoms with Crippen molar-refractivity contribution in [2.45, 2.75) is 37.4 Å². The van der Waals surface area contributed by atoms with Gasteiger partial charge in [0, 0.05) is 41.6 Å². The largest absolute Gasteiger partial charge is 0.393 e. The molecule has 7 heteroatoms. The third-order valence-electron chi connectivity index (χ3n) is 8.59. The van der Waals surface area contributed by atoms with Gasteiger partial charge in [0.25, 0.3) is 5.91 Å². The Kier molecular flexibility index (Phi) is 3.24. The number of carbonyl (C=O) groups is 1. The van der Waals surface area contributed by atoms with E-state index in [9.17, 15) is 9.90 Å². The van der Waals surface area contributed by atoms with Crippen LogP contribution in [-0.4, -0.2) is 39.5 Å². The number of fused-ring (bicyclic) bond motifs is 13. The highest BCUT2D eigenvalue weighted by atomic mass is 16.6. The molecule has 5 aromatic rings. The predicted molar refractivity (Wildman–Crippen MR) is 129 cm³/mol. The summed E-state index contributed by atoms with van der Waals surface area (Å²) < 4.78 is 17.5. The number of hydrogen-bond donors (Lipinski definition) is 2. The Labute approximate surface area is 194 Å². The van der Waals surface area contributed by atoms with E-state index >= 15 is 0 Å². The minimum Gasteiger partial charge on any atom is -0.393 e. The number of nitrogens with one attached hydrogen (secondary N) is 1. The average Bonchev–Trinajstić information content (AvgIpc) is 3.55. The second-order valence-electron chi connectivity index (χ2n) is 9.84. The lowest BCUT2D eigenvalue weighted by molar-refractivity contribution is -0.201. The summed E-state index contributed by atoms with van der Waals surface area (Å²) in [4.78, 5) is 13.2. The van der Waals surface area contributed by atoms with Gasteiger partial charge in [0.1, 0.15) is 11.8 Å². The van der Waals surface area contributed by atoms with Crippen molar-refractivity contribution in [1.82, 2.24) is 14.5 Å². The van der Waals surface area contributed by atoms with Crippen molar-refractivity contribution >= 4 is 49.5 Å². The van der Waals surface area contributed by atoms with Crippen molar-refractivity contribution in [3.05, 3.63) is 59.7 Å². The minimum absolute atomic E-state index is 0.0280. The summed E-state index contributed by atoms with van der Waals surface area (Å²) in [6.45, 7) is 2.34. The number of methoxy groups -OCH3 is 1. The molecule has 3 aromatic carbocycles. The summed E-state index contributed by atoms with van der Waals surface area (Å²) in [6, 6.07) is 16.5. The third-order valence-corrected chi connectivity index (χ3v) is 8.59. The number of nitrogens with zero attached hydrogens (tertiary/aromatic N) is 2. The maximum Gasteiger partial charge on any atom is 0.252 e. The lowest BCUT2D eigenvalue weighted by atomic mass is 9.89. The SMILES string of the molecule is CO[C@]1(CO)C[C@H]2O[C@]1(C)n1c3ccccc3c3c4c(c5c6ccccc6n2c5c31)C(=O)NC4. The molecule has 2 bridgehead atoms. The summed E-state index contributed by atoms with van der Waals surface area (Å²) in [6.07, 6.45) is 0.130. The number of aromatic nitrogens is 2. The van der Waals surface area contributed by atoms with E-state index in [2.05, 4.69) is 38.7 Å². The molecule has 8 rings (SSSR count). The van der Waals surface area contributed by atoms with Crippen LogP contribution in [0.2, 0.25) is 0 Å². The van der Waals surface area contributed by atoms with Gasteiger partial charge in [-0.15, -0.1) is 0 Å². The molecule has 2 aromatic heterocycles. The highest BCUT2D eigenvalue weighted by Gasteiger charge is 2.62. The number of aliphatic hydroxyl groups is 1. The van der Waals surface area contributed by atoms with Gasteiger partial charge in [0.05, 0.1) is 34.2 Å². The molecular formula is C27H23N3O4. The van der Waals surface area contributed by atoms with E-state index in [1.165, 1.54) is 0 Å². The first-order valence-corrected chi connectivity index (χ1v) is 11.7. The quantitative estimate of drug-likeness (QED) is 0.421. The molecule has 2 N–H and O–H groups in total. The Balaban J connectivity index is 1.76. The van der Waals surface area contributed by atoms with Gasteiger partial charge in [-0.1, -0.05) is 36.4 Å². The van der Waals surface area contributed by atoms with E-state index in [1.54, 1.807) is 7.11 Å². The van der Waals surface area contributed by atoms with Crippen molar-refractivity contribution in [2.24, 2.45) is 0 Å². The molecule has 0 spiro atoms. The van der Waals surface area contributed by atoms with Gasteiger partial charge in [-0.2, -0.15) is 0 Å². The van der Waals surface area contributed by atoms with Crippen LogP contribution in [0.1, 0.15) is 35.5 Å². The molecule has 34 heavy (non-hydrogen) atoms. The summed E-state index contributed by atoms with van der Waals surface area (Å²) in [5.41, 5.74) is 3.96. The standard InChI is InChI=1S/C27H23N3O4/c1-26-27(13-31,33-2)11-19(34-26)29-17-9-5-3-7-14(17)21-22-16(12-28-25(22)32)20-15-8-4-6-10-18(15)30(26)24(20)23(21)29/h3-10,19,31H,11-13H2,1-2H3,(H,28,32)/t19-,26+,27+/m1/s1. The highest BCUT2D eigenvalue weighted by molar-refractivity contribution is 6.31. The molecule has 1 fully saturated rings. The minimum atomic E-state index is -0.958. The maximum absolute atomic E-state index is 13.2. The molecule has 1 amide bonds. The second-order valence-corrected chi connectivity index (χ2v) is 9.84. The summed E-state index contributed by atoms with van der Waals surface area (Å²) in [7, 11) is 1.65. The van der Waals surface area contributed by atoms with Crippen molar-refractivity contribution < 1.29 is 19.4 Å². The van der Waals surface area contributed by atoms with Gasteiger partial charge in [-0.3, -0.25) is 4.79 Å². The topological polar surface area (TPSA) is 77.7 Å². The number of hydrogen-bond acceptors (Lipinski definition) is 4. The number of amides is 1. The number of ether oxygens (including phenoxy) is 2.